The minimum atomic E-state index is -0.755. The predicted octanol–water partition coefficient (Wildman–Crippen LogP) is 1.97. The van der Waals surface area contributed by atoms with Crippen molar-refractivity contribution >= 4 is 25.4 Å². The lowest BCUT2D eigenvalue weighted by molar-refractivity contribution is -0.123. The molecule has 0 radical (unpaired) electrons. The van der Waals surface area contributed by atoms with Gasteiger partial charge in [-0.15, -0.1) is 12.4 Å². The summed E-state index contributed by atoms with van der Waals surface area (Å²) < 4.78 is 22.9. The molecule has 0 aliphatic carbocycles. The molecular formula is C19H32BClN2O5. The van der Waals surface area contributed by atoms with Crippen molar-refractivity contribution in [3.8, 4) is 5.75 Å². The molecule has 1 heterocycles. The summed E-state index contributed by atoms with van der Waals surface area (Å²) in [5.41, 5.74) is 4.87. The van der Waals surface area contributed by atoms with Gasteiger partial charge in [0.25, 0.3) is 0 Å². The number of hydrogen-bond acceptors (Lipinski definition) is 6. The first kappa shape index (κ1) is 24.7. The molecule has 1 aliphatic rings. The second-order valence-electron chi connectivity index (χ2n) is 7.75. The fraction of sp³-hybridized carbons (Fsp3) is 0.632. The second kappa shape index (κ2) is 10.5. The fourth-order valence-corrected chi connectivity index (χ4v) is 2.69. The first-order valence-corrected chi connectivity index (χ1v) is 9.24. The Bertz CT molecular complexity index is 602. The van der Waals surface area contributed by atoms with Crippen molar-refractivity contribution in [2.24, 2.45) is 5.73 Å². The molecule has 2 unspecified atom stereocenters. The van der Waals surface area contributed by atoms with E-state index >= 15 is 0 Å². The monoisotopic (exact) mass is 414 g/mol. The summed E-state index contributed by atoms with van der Waals surface area (Å²) in [5.74, 6) is 0.0639. The van der Waals surface area contributed by atoms with Gasteiger partial charge in [0.1, 0.15) is 11.8 Å². The van der Waals surface area contributed by atoms with Gasteiger partial charge in [-0.1, -0.05) is 18.2 Å². The number of nitrogens with two attached hydrogens (primary N) is 1. The van der Waals surface area contributed by atoms with Gasteiger partial charge in [-0.05, 0) is 39.8 Å². The van der Waals surface area contributed by atoms with Crippen molar-refractivity contribution in [2.45, 2.75) is 57.3 Å². The minimum absolute atomic E-state index is 0. The van der Waals surface area contributed by atoms with E-state index in [-0.39, 0.29) is 24.9 Å². The van der Waals surface area contributed by atoms with Crippen LogP contribution in [0.15, 0.2) is 30.3 Å². The van der Waals surface area contributed by atoms with Crippen LogP contribution in [0, 0.1) is 0 Å². The van der Waals surface area contributed by atoms with Crippen LogP contribution < -0.4 is 15.8 Å². The third kappa shape index (κ3) is 6.35. The SMILES string of the molecule is COCC(N)C(=O)NC(CCOc1ccccc1)B1OC(C)(C)C(C)(C)O1.Cl. The van der Waals surface area contributed by atoms with E-state index in [2.05, 4.69) is 5.32 Å². The van der Waals surface area contributed by atoms with E-state index in [4.69, 9.17) is 24.5 Å². The second-order valence-corrected chi connectivity index (χ2v) is 7.75. The molecule has 1 saturated heterocycles. The molecule has 1 amide bonds. The first-order valence-electron chi connectivity index (χ1n) is 9.24. The van der Waals surface area contributed by atoms with Gasteiger partial charge in [-0.3, -0.25) is 4.79 Å². The summed E-state index contributed by atoms with van der Waals surface area (Å²) in [6, 6.07) is 8.76. The Balaban J connectivity index is 0.00000392. The standard InChI is InChI=1S/C19H31BN2O5.ClH/c1-18(2)19(3,4)27-20(26-18)16(22-17(23)15(21)13-24-5)11-12-25-14-9-7-6-8-10-14;/h6-10,15-16H,11-13,21H2,1-5H3,(H,22,23);1H. The largest absolute Gasteiger partial charge is 0.494 e. The number of nitrogens with one attached hydrogen (secondary N) is 1. The molecule has 2 atom stereocenters. The van der Waals surface area contributed by atoms with Crippen molar-refractivity contribution in [3.05, 3.63) is 30.3 Å². The molecule has 1 aromatic carbocycles. The van der Waals surface area contributed by atoms with E-state index in [9.17, 15) is 4.79 Å². The lowest BCUT2D eigenvalue weighted by Gasteiger charge is -2.32. The first-order chi connectivity index (χ1) is 12.7. The van der Waals surface area contributed by atoms with Gasteiger partial charge in [-0.2, -0.15) is 0 Å². The Morgan fingerprint density at radius 3 is 2.29 bits per heavy atom. The number of para-hydroxylation sites is 1. The zero-order valence-electron chi connectivity index (χ0n) is 17.3. The third-order valence-corrected chi connectivity index (χ3v) is 5.05. The Hall–Kier alpha value is -1.32. The van der Waals surface area contributed by atoms with E-state index in [1.54, 1.807) is 0 Å². The number of rotatable bonds is 9. The molecule has 9 heteroatoms. The number of methoxy groups -OCH3 is 1. The molecule has 7 nitrogen and oxygen atoms in total. The average molecular weight is 415 g/mol. The van der Waals surface area contributed by atoms with Crippen LogP contribution in [0.3, 0.4) is 0 Å². The highest BCUT2D eigenvalue weighted by atomic mass is 35.5. The highest BCUT2D eigenvalue weighted by Crippen LogP contribution is 2.37. The van der Waals surface area contributed by atoms with Crippen molar-refractivity contribution in [3.63, 3.8) is 0 Å². The predicted molar refractivity (Wildman–Crippen MR) is 112 cm³/mol. The highest BCUT2D eigenvalue weighted by Gasteiger charge is 2.54. The summed E-state index contributed by atoms with van der Waals surface area (Å²) in [6.07, 6.45) is 0.511. The maximum atomic E-state index is 12.4. The highest BCUT2D eigenvalue weighted by molar-refractivity contribution is 6.48. The van der Waals surface area contributed by atoms with Crippen LogP contribution in [0.4, 0.5) is 0 Å². The van der Waals surface area contributed by atoms with E-state index in [0.717, 1.165) is 5.75 Å². The van der Waals surface area contributed by atoms with Crippen molar-refractivity contribution in [2.75, 3.05) is 20.3 Å². The Morgan fingerprint density at radius 2 is 1.75 bits per heavy atom. The van der Waals surface area contributed by atoms with Gasteiger partial charge in [0.15, 0.2) is 0 Å². The van der Waals surface area contributed by atoms with E-state index in [0.29, 0.717) is 13.0 Å². The Kier molecular flexibility index (Phi) is 9.23. The average Bonchev–Trinajstić information content (AvgIpc) is 2.82. The number of amides is 1. The molecule has 0 bridgehead atoms. The molecule has 2 rings (SSSR count). The van der Waals surface area contributed by atoms with Crippen molar-refractivity contribution in [1.29, 1.82) is 0 Å². The topological polar surface area (TPSA) is 92.0 Å². The molecule has 28 heavy (non-hydrogen) atoms. The van der Waals surface area contributed by atoms with E-state index in [1.807, 2.05) is 58.0 Å². The molecule has 0 spiro atoms. The van der Waals surface area contributed by atoms with Crippen molar-refractivity contribution < 1.29 is 23.6 Å². The molecule has 0 saturated carbocycles. The maximum Gasteiger partial charge on any atom is 0.481 e. The smallest absolute Gasteiger partial charge is 0.481 e. The van der Waals surface area contributed by atoms with E-state index < -0.39 is 30.3 Å². The summed E-state index contributed by atoms with van der Waals surface area (Å²) in [5, 5.41) is 2.93. The van der Waals surface area contributed by atoms with Crippen LogP contribution in [-0.2, 0) is 18.8 Å². The molecule has 3 N–H and O–H groups in total. The number of benzene rings is 1. The molecular weight excluding hydrogens is 382 g/mol. The molecule has 0 aromatic heterocycles. The van der Waals surface area contributed by atoms with E-state index in [1.165, 1.54) is 7.11 Å². The quantitative estimate of drug-likeness (QED) is 0.600. The molecule has 1 aromatic rings. The van der Waals surface area contributed by atoms with Crippen LogP contribution in [0.2, 0.25) is 0 Å². The summed E-state index contributed by atoms with van der Waals surface area (Å²) in [4.78, 5) is 12.4. The third-order valence-electron chi connectivity index (χ3n) is 5.05. The van der Waals surface area contributed by atoms with Crippen LogP contribution in [-0.4, -0.2) is 56.5 Å². The zero-order valence-corrected chi connectivity index (χ0v) is 18.1. The van der Waals surface area contributed by atoms with Crippen LogP contribution >= 0.6 is 12.4 Å². The van der Waals surface area contributed by atoms with Gasteiger partial charge < -0.3 is 29.8 Å². The maximum absolute atomic E-state index is 12.4. The summed E-state index contributed by atoms with van der Waals surface area (Å²) >= 11 is 0. The lowest BCUT2D eigenvalue weighted by atomic mass is 9.76. The van der Waals surface area contributed by atoms with Gasteiger partial charge >= 0.3 is 7.12 Å². The number of carbonyl (C=O) groups excluding carboxylic acids is 1. The van der Waals surface area contributed by atoms with Crippen LogP contribution in [0.25, 0.3) is 0 Å². The number of ether oxygens (including phenoxy) is 2. The lowest BCUT2D eigenvalue weighted by Crippen LogP contribution is -2.54. The number of carbonyl (C=O) groups is 1. The van der Waals surface area contributed by atoms with Gasteiger partial charge in [0.2, 0.25) is 5.91 Å². The van der Waals surface area contributed by atoms with Gasteiger partial charge in [0, 0.05) is 13.5 Å². The van der Waals surface area contributed by atoms with Crippen LogP contribution in [0.5, 0.6) is 5.75 Å². The Labute approximate surface area is 174 Å². The normalized spacial score (nSPS) is 19.4. The Morgan fingerprint density at radius 1 is 1.18 bits per heavy atom. The summed E-state index contributed by atoms with van der Waals surface area (Å²) in [6.45, 7) is 8.44. The molecule has 158 valence electrons. The van der Waals surface area contributed by atoms with Crippen molar-refractivity contribution in [1.82, 2.24) is 5.32 Å². The molecule has 1 aliphatic heterocycles. The zero-order chi connectivity index (χ0) is 20.1. The summed E-state index contributed by atoms with van der Waals surface area (Å²) in [7, 11) is 0.917. The fourth-order valence-electron chi connectivity index (χ4n) is 2.69. The number of hydrogen-bond donors (Lipinski definition) is 2. The number of halogens is 1. The van der Waals surface area contributed by atoms with Gasteiger partial charge in [0.05, 0.1) is 30.4 Å². The molecule has 1 fully saturated rings. The van der Waals surface area contributed by atoms with Gasteiger partial charge in [-0.25, -0.2) is 0 Å². The van der Waals surface area contributed by atoms with Crippen LogP contribution in [0.1, 0.15) is 34.1 Å². The minimum Gasteiger partial charge on any atom is -0.494 e.